The molecule has 72 valence electrons. The summed E-state index contributed by atoms with van der Waals surface area (Å²) in [6.45, 7) is 0.406. The number of rotatable bonds is 2. The Bertz CT molecular complexity index is 424. The van der Waals surface area contributed by atoms with Crippen molar-refractivity contribution in [2.45, 2.75) is 6.54 Å². The van der Waals surface area contributed by atoms with Gasteiger partial charge in [-0.1, -0.05) is 11.6 Å². The third-order valence-corrected chi connectivity index (χ3v) is 2.33. The number of aromatic nitrogens is 3. The average Bonchev–Trinajstić information content (AvgIpc) is 2.71. The van der Waals surface area contributed by atoms with Crippen molar-refractivity contribution in [2.75, 3.05) is 0 Å². The molecule has 4 nitrogen and oxygen atoms in total. The molecule has 0 aliphatic heterocycles. The predicted octanol–water partition coefficient (Wildman–Crippen LogP) is 1.38. The Kier molecular flexibility index (Phi) is 2.47. The molecule has 14 heavy (non-hydrogen) atoms. The summed E-state index contributed by atoms with van der Waals surface area (Å²) in [5, 5.41) is 0.577. The van der Waals surface area contributed by atoms with Gasteiger partial charge in [-0.2, -0.15) is 0 Å². The highest BCUT2D eigenvalue weighted by Crippen LogP contribution is 2.21. The Morgan fingerprint density at radius 2 is 2.29 bits per heavy atom. The second-order valence-electron chi connectivity index (χ2n) is 2.78. The molecular weight excluding hydrogens is 200 g/mol. The molecule has 0 radical (unpaired) electrons. The highest BCUT2D eigenvalue weighted by Gasteiger charge is 2.07. The summed E-state index contributed by atoms with van der Waals surface area (Å²) in [6.07, 6.45) is 6.79. The van der Waals surface area contributed by atoms with Gasteiger partial charge < -0.3 is 5.73 Å². The van der Waals surface area contributed by atoms with Crippen LogP contribution in [0.15, 0.2) is 31.0 Å². The summed E-state index contributed by atoms with van der Waals surface area (Å²) in [6, 6.07) is 1.81. The molecule has 0 bridgehead atoms. The first kappa shape index (κ1) is 9.18. The molecule has 2 N–H and O–H groups in total. The quantitative estimate of drug-likeness (QED) is 0.811. The molecule has 0 aliphatic carbocycles. The van der Waals surface area contributed by atoms with E-state index in [1.165, 1.54) is 0 Å². The van der Waals surface area contributed by atoms with Gasteiger partial charge in [-0.05, 0) is 11.6 Å². The third-order valence-electron chi connectivity index (χ3n) is 1.92. The average molecular weight is 209 g/mol. The van der Waals surface area contributed by atoms with Crippen LogP contribution in [0.25, 0.3) is 5.82 Å². The third kappa shape index (κ3) is 1.49. The molecule has 0 unspecified atom stereocenters. The minimum absolute atomic E-state index is 0.406. The summed E-state index contributed by atoms with van der Waals surface area (Å²) in [5.41, 5.74) is 6.42. The lowest BCUT2D eigenvalue weighted by molar-refractivity contribution is 0.969. The maximum absolute atomic E-state index is 6.11. The number of halogens is 1. The van der Waals surface area contributed by atoms with Crippen molar-refractivity contribution < 1.29 is 0 Å². The molecule has 2 aromatic heterocycles. The van der Waals surface area contributed by atoms with Crippen molar-refractivity contribution in [3.05, 3.63) is 41.6 Å². The van der Waals surface area contributed by atoms with Crippen LogP contribution in [-0.4, -0.2) is 14.5 Å². The summed E-state index contributed by atoms with van der Waals surface area (Å²) in [4.78, 5) is 8.09. The molecular formula is C9H9ClN4. The van der Waals surface area contributed by atoms with E-state index >= 15 is 0 Å². The molecule has 0 aromatic carbocycles. The lowest BCUT2D eigenvalue weighted by Crippen LogP contribution is -2.02. The lowest BCUT2D eigenvalue weighted by atomic mass is 10.2. The van der Waals surface area contributed by atoms with Gasteiger partial charge in [0.2, 0.25) is 0 Å². The normalized spacial score (nSPS) is 10.4. The molecule has 0 atom stereocenters. The van der Waals surface area contributed by atoms with Crippen molar-refractivity contribution in [2.24, 2.45) is 5.73 Å². The Morgan fingerprint density at radius 1 is 1.43 bits per heavy atom. The molecule has 2 rings (SSSR count). The summed E-state index contributed by atoms with van der Waals surface area (Å²) in [7, 11) is 0. The monoisotopic (exact) mass is 208 g/mol. The van der Waals surface area contributed by atoms with E-state index in [0.717, 1.165) is 5.56 Å². The fourth-order valence-corrected chi connectivity index (χ4v) is 1.48. The van der Waals surface area contributed by atoms with E-state index in [1.807, 2.05) is 6.07 Å². The highest BCUT2D eigenvalue weighted by atomic mass is 35.5. The van der Waals surface area contributed by atoms with Crippen LogP contribution in [0.3, 0.4) is 0 Å². The van der Waals surface area contributed by atoms with Crippen LogP contribution >= 0.6 is 11.6 Å². The lowest BCUT2D eigenvalue weighted by Gasteiger charge is -2.06. The van der Waals surface area contributed by atoms with Gasteiger partial charge in [-0.3, -0.25) is 4.57 Å². The van der Waals surface area contributed by atoms with Gasteiger partial charge in [0.1, 0.15) is 6.33 Å². The van der Waals surface area contributed by atoms with Gasteiger partial charge in [0.05, 0.1) is 5.02 Å². The van der Waals surface area contributed by atoms with Crippen LogP contribution in [0.1, 0.15) is 5.56 Å². The molecule has 2 aromatic rings. The standard InChI is InChI=1S/C9H9ClN4/c10-8-7(5-11)1-2-13-9(8)14-4-3-12-6-14/h1-4,6H,5,11H2. The molecule has 0 fully saturated rings. The van der Waals surface area contributed by atoms with Gasteiger partial charge in [-0.15, -0.1) is 0 Å². The van der Waals surface area contributed by atoms with Crippen molar-refractivity contribution in [1.29, 1.82) is 0 Å². The van der Waals surface area contributed by atoms with E-state index in [0.29, 0.717) is 17.4 Å². The maximum atomic E-state index is 6.11. The van der Waals surface area contributed by atoms with Crippen LogP contribution in [-0.2, 0) is 6.54 Å². The molecule has 0 spiro atoms. The van der Waals surface area contributed by atoms with E-state index in [9.17, 15) is 0 Å². The van der Waals surface area contributed by atoms with Gasteiger partial charge in [0, 0.05) is 25.1 Å². The summed E-state index contributed by atoms with van der Waals surface area (Å²) >= 11 is 6.11. The smallest absolute Gasteiger partial charge is 0.156 e. The largest absolute Gasteiger partial charge is 0.326 e. The first-order chi connectivity index (χ1) is 6.83. The predicted molar refractivity (Wildman–Crippen MR) is 54.3 cm³/mol. The zero-order valence-corrected chi connectivity index (χ0v) is 8.15. The highest BCUT2D eigenvalue weighted by molar-refractivity contribution is 6.32. The fourth-order valence-electron chi connectivity index (χ4n) is 1.19. The van der Waals surface area contributed by atoms with E-state index < -0.39 is 0 Å². The first-order valence-electron chi connectivity index (χ1n) is 4.14. The number of nitrogens with zero attached hydrogens (tertiary/aromatic N) is 3. The molecule has 2 heterocycles. The van der Waals surface area contributed by atoms with Crippen LogP contribution in [0.2, 0.25) is 5.02 Å². The van der Waals surface area contributed by atoms with Crippen LogP contribution in [0.4, 0.5) is 0 Å². The molecule has 5 heteroatoms. The number of hydrogen-bond acceptors (Lipinski definition) is 3. The Hall–Kier alpha value is -1.39. The minimum Gasteiger partial charge on any atom is -0.326 e. The summed E-state index contributed by atoms with van der Waals surface area (Å²) < 4.78 is 1.75. The minimum atomic E-state index is 0.406. The number of nitrogens with two attached hydrogens (primary N) is 1. The molecule has 0 saturated heterocycles. The zero-order valence-electron chi connectivity index (χ0n) is 7.39. The van der Waals surface area contributed by atoms with E-state index in [-0.39, 0.29) is 0 Å². The van der Waals surface area contributed by atoms with Gasteiger partial charge in [0.25, 0.3) is 0 Å². The number of imidazole rings is 1. The van der Waals surface area contributed by atoms with Crippen molar-refractivity contribution in [3.8, 4) is 5.82 Å². The Balaban J connectivity index is 2.54. The number of hydrogen-bond donors (Lipinski definition) is 1. The van der Waals surface area contributed by atoms with E-state index in [4.69, 9.17) is 17.3 Å². The maximum Gasteiger partial charge on any atom is 0.156 e. The van der Waals surface area contributed by atoms with Gasteiger partial charge in [-0.25, -0.2) is 9.97 Å². The van der Waals surface area contributed by atoms with Crippen LogP contribution < -0.4 is 5.73 Å². The fraction of sp³-hybridized carbons (Fsp3) is 0.111. The Labute approximate surface area is 86.4 Å². The topological polar surface area (TPSA) is 56.7 Å². The summed E-state index contributed by atoms with van der Waals surface area (Å²) in [5.74, 6) is 0.659. The van der Waals surface area contributed by atoms with Crippen molar-refractivity contribution in [3.63, 3.8) is 0 Å². The van der Waals surface area contributed by atoms with E-state index in [2.05, 4.69) is 9.97 Å². The van der Waals surface area contributed by atoms with Gasteiger partial charge >= 0.3 is 0 Å². The Morgan fingerprint density at radius 3 is 2.93 bits per heavy atom. The van der Waals surface area contributed by atoms with Crippen LogP contribution in [0.5, 0.6) is 0 Å². The second kappa shape index (κ2) is 3.77. The SMILES string of the molecule is NCc1ccnc(-n2ccnc2)c1Cl. The van der Waals surface area contributed by atoms with Crippen LogP contribution in [0, 0.1) is 0 Å². The number of pyridine rings is 1. The second-order valence-corrected chi connectivity index (χ2v) is 3.16. The first-order valence-corrected chi connectivity index (χ1v) is 4.52. The van der Waals surface area contributed by atoms with Crippen molar-refractivity contribution in [1.82, 2.24) is 14.5 Å². The van der Waals surface area contributed by atoms with Gasteiger partial charge in [0.15, 0.2) is 5.82 Å². The zero-order chi connectivity index (χ0) is 9.97. The molecule has 0 amide bonds. The van der Waals surface area contributed by atoms with Crippen molar-refractivity contribution >= 4 is 11.6 Å². The molecule has 0 aliphatic rings. The van der Waals surface area contributed by atoms with E-state index in [1.54, 1.807) is 29.5 Å². The molecule has 0 saturated carbocycles.